The minimum Gasteiger partial charge on any atom is -0.380 e. The highest BCUT2D eigenvalue weighted by Crippen LogP contribution is 2.29. The zero-order valence-electron chi connectivity index (χ0n) is 9.95. The summed E-state index contributed by atoms with van der Waals surface area (Å²) in [6, 6.07) is 0.177. The van der Waals surface area contributed by atoms with Crippen molar-refractivity contribution in [2.75, 3.05) is 7.11 Å². The van der Waals surface area contributed by atoms with Crippen LogP contribution in [-0.2, 0) is 4.74 Å². The van der Waals surface area contributed by atoms with Gasteiger partial charge in [0.1, 0.15) is 0 Å². The van der Waals surface area contributed by atoms with Crippen LogP contribution in [0.25, 0.3) is 0 Å². The van der Waals surface area contributed by atoms with Crippen LogP contribution in [0.5, 0.6) is 0 Å². The molecule has 1 fully saturated rings. The molecule has 15 heavy (non-hydrogen) atoms. The second kappa shape index (κ2) is 7.02. The van der Waals surface area contributed by atoms with Crippen molar-refractivity contribution in [3.05, 3.63) is 12.7 Å². The molecule has 0 bridgehead atoms. The van der Waals surface area contributed by atoms with Gasteiger partial charge in [0, 0.05) is 13.2 Å². The van der Waals surface area contributed by atoms with E-state index >= 15 is 0 Å². The Morgan fingerprint density at radius 2 is 2.07 bits per heavy atom. The minimum absolute atomic E-state index is 0.177. The topological polar surface area (TPSA) is 35.2 Å². The lowest BCUT2D eigenvalue weighted by atomic mass is 9.82. The van der Waals surface area contributed by atoms with Gasteiger partial charge in [-0.25, -0.2) is 0 Å². The van der Waals surface area contributed by atoms with Crippen molar-refractivity contribution >= 4 is 0 Å². The molecule has 1 aliphatic rings. The van der Waals surface area contributed by atoms with Gasteiger partial charge >= 0.3 is 0 Å². The average molecular weight is 211 g/mol. The number of hydrogen-bond acceptors (Lipinski definition) is 2. The second-order valence-corrected chi connectivity index (χ2v) is 4.63. The van der Waals surface area contributed by atoms with Crippen LogP contribution >= 0.6 is 0 Å². The molecule has 2 heteroatoms. The molecule has 2 atom stereocenters. The largest absolute Gasteiger partial charge is 0.380 e. The molecule has 0 radical (unpaired) electrons. The van der Waals surface area contributed by atoms with Crippen molar-refractivity contribution < 1.29 is 4.74 Å². The zero-order chi connectivity index (χ0) is 11.1. The first-order valence-electron chi connectivity index (χ1n) is 6.19. The summed E-state index contributed by atoms with van der Waals surface area (Å²) >= 11 is 0. The van der Waals surface area contributed by atoms with Gasteiger partial charge in [-0.05, 0) is 31.6 Å². The molecule has 0 aromatic rings. The number of hydrogen-bond donors (Lipinski definition) is 1. The number of rotatable bonds is 6. The molecule has 0 heterocycles. The maximum absolute atomic E-state index is 6.17. The Hall–Kier alpha value is -0.340. The van der Waals surface area contributed by atoms with Crippen LogP contribution in [-0.4, -0.2) is 19.3 Å². The summed E-state index contributed by atoms with van der Waals surface area (Å²) in [4.78, 5) is 0. The first-order valence-corrected chi connectivity index (χ1v) is 6.19. The lowest BCUT2D eigenvalue weighted by molar-refractivity contribution is 0.0161. The molecule has 2 unspecified atom stereocenters. The Morgan fingerprint density at radius 3 is 2.60 bits per heavy atom. The standard InChI is InChI=1S/C13H25NO/c1-3-4-10-12(14)13(15-2)11-8-6-5-7-9-11/h3,11-13H,1,4-10,14H2,2H3. The fourth-order valence-electron chi connectivity index (χ4n) is 2.65. The third-order valence-corrected chi connectivity index (χ3v) is 3.51. The van der Waals surface area contributed by atoms with Gasteiger partial charge in [0.25, 0.3) is 0 Å². The molecule has 0 aliphatic heterocycles. The molecular weight excluding hydrogens is 186 g/mol. The van der Waals surface area contributed by atoms with Crippen molar-refractivity contribution in [1.29, 1.82) is 0 Å². The average Bonchev–Trinajstić information content (AvgIpc) is 2.29. The number of nitrogens with two attached hydrogens (primary N) is 1. The molecule has 0 saturated heterocycles. The van der Waals surface area contributed by atoms with Gasteiger partial charge in [0.05, 0.1) is 6.10 Å². The molecular formula is C13H25NO. The number of allylic oxidation sites excluding steroid dienone is 1. The third-order valence-electron chi connectivity index (χ3n) is 3.51. The SMILES string of the molecule is C=CCCC(N)C(OC)C1CCCCC1. The highest BCUT2D eigenvalue weighted by Gasteiger charge is 2.27. The van der Waals surface area contributed by atoms with E-state index in [0.717, 1.165) is 12.8 Å². The van der Waals surface area contributed by atoms with Crippen molar-refractivity contribution in [2.45, 2.75) is 57.1 Å². The molecule has 1 aliphatic carbocycles. The number of ether oxygens (including phenoxy) is 1. The van der Waals surface area contributed by atoms with E-state index in [4.69, 9.17) is 10.5 Å². The fourth-order valence-corrected chi connectivity index (χ4v) is 2.65. The number of methoxy groups -OCH3 is 1. The van der Waals surface area contributed by atoms with E-state index in [1.54, 1.807) is 7.11 Å². The van der Waals surface area contributed by atoms with E-state index in [1.807, 2.05) is 6.08 Å². The Kier molecular flexibility index (Phi) is 5.96. The van der Waals surface area contributed by atoms with Gasteiger partial charge < -0.3 is 10.5 Å². The monoisotopic (exact) mass is 211 g/mol. The first-order chi connectivity index (χ1) is 7.29. The van der Waals surface area contributed by atoms with Crippen LogP contribution < -0.4 is 5.73 Å². The van der Waals surface area contributed by atoms with Gasteiger partial charge in [-0.2, -0.15) is 0 Å². The summed E-state index contributed by atoms with van der Waals surface area (Å²) in [6.45, 7) is 3.73. The molecule has 0 amide bonds. The van der Waals surface area contributed by atoms with E-state index in [-0.39, 0.29) is 12.1 Å². The van der Waals surface area contributed by atoms with Gasteiger partial charge in [-0.3, -0.25) is 0 Å². The Labute approximate surface area is 93.9 Å². The summed E-state index contributed by atoms with van der Waals surface area (Å²) in [5.41, 5.74) is 6.17. The highest BCUT2D eigenvalue weighted by molar-refractivity contribution is 4.84. The molecule has 0 aromatic carbocycles. The molecule has 2 nitrogen and oxygen atoms in total. The summed E-state index contributed by atoms with van der Waals surface area (Å²) in [6.07, 6.45) is 10.8. The summed E-state index contributed by atoms with van der Waals surface area (Å²) in [5.74, 6) is 0.684. The second-order valence-electron chi connectivity index (χ2n) is 4.63. The van der Waals surface area contributed by atoms with E-state index in [2.05, 4.69) is 6.58 Å². The summed E-state index contributed by atoms with van der Waals surface area (Å²) in [5, 5.41) is 0. The molecule has 88 valence electrons. The lowest BCUT2D eigenvalue weighted by Gasteiger charge is -2.33. The van der Waals surface area contributed by atoms with Gasteiger partial charge in [0.15, 0.2) is 0 Å². The smallest absolute Gasteiger partial charge is 0.0750 e. The van der Waals surface area contributed by atoms with Crippen LogP contribution in [0.15, 0.2) is 12.7 Å². The zero-order valence-corrected chi connectivity index (χ0v) is 9.95. The minimum atomic E-state index is 0.177. The van der Waals surface area contributed by atoms with Crippen molar-refractivity contribution in [1.82, 2.24) is 0 Å². The van der Waals surface area contributed by atoms with E-state index in [0.29, 0.717) is 5.92 Å². The molecule has 0 spiro atoms. The molecule has 1 rings (SSSR count). The van der Waals surface area contributed by atoms with Crippen LogP contribution in [0.1, 0.15) is 44.9 Å². The van der Waals surface area contributed by atoms with Crippen molar-refractivity contribution in [3.63, 3.8) is 0 Å². The van der Waals surface area contributed by atoms with Gasteiger partial charge in [0.2, 0.25) is 0 Å². The van der Waals surface area contributed by atoms with Crippen molar-refractivity contribution in [3.8, 4) is 0 Å². The van der Waals surface area contributed by atoms with Crippen LogP contribution in [0, 0.1) is 5.92 Å². The van der Waals surface area contributed by atoms with Crippen molar-refractivity contribution in [2.24, 2.45) is 11.7 Å². The quantitative estimate of drug-likeness (QED) is 0.686. The molecule has 0 aromatic heterocycles. The predicted molar refractivity (Wildman–Crippen MR) is 64.8 cm³/mol. The molecule has 2 N–H and O–H groups in total. The summed E-state index contributed by atoms with van der Waals surface area (Å²) < 4.78 is 5.59. The van der Waals surface area contributed by atoms with Gasteiger partial charge in [-0.15, -0.1) is 6.58 Å². The van der Waals surface area contributed by atoms with E-state index in [9.17, 15) is 0 Å². The predicted octanol–water partition coefficient (Wildman–Crippen LogP) is 2.88. The Bertz CT molecular complexity index is 175. The van der Waals surface area contributed by atoms with Gasteiger partial charge in [-0.1, -0.05) is 25.3 Å². The normalized spacial score (nSPS) is 22.3. The van der Waals surface area contributed by atoms with Crippen LogP contribution in [0.2, 0.25) is 0 Å². The first kappa shape index (κ1) is 12.7. The molecule has 1 saturated carbocycles. The highest BCUT2D eigenvalue weighted by atomic mass is 16.5. The maximum atomic E-state index is 6.17. The summed E-state index contributed by atoms with van der Waals surface area (Å²) in [7, 11) is 1.80. The third kappa shape index (κ3) is 3.96. The Morgan fingerprint density at radius 1 is 1.40 bits per heavy atom. The lowest BCUT2D eigenvalue weighted by Crippen LogP contribution is -2.42. The maximum Gasteiger partial charge on any atom is 0.0750 e. The Balaban J connectivity index is 2.41. The van der Waals surface area contributed by atoms with Crippen LogP contribution in [0.4, 0.5) is 0 Å². The fraction of sp³-hybridized carbons (Fsp3) is 0.846. The van der Waals surface area contributed by atoms with E-state index in [1.165, 1.54) is 32.1 Å². The van der Waals surface area contributed by atoms with Crippen LogP contribution in [0.3, 0.4) is 0 Å². The van der Waals surface area contributed by atoms with E-state index < -0.39 is 0 Å².